The first-order chi connectivity index (χ1) is 8.80. The Bertz CT molecular complexity index is 534. The zero-order valence-corrected chi connectivity index (χ0v) is 10.7. The Hall–Kier alpha value is -1.41. The van der Waals surface area contributed by atoms with Crippen LogP contribution in [0.15, 0.2) is 36.7 Å². The molecule has 0 radical (unpaired) electrons. The van der Waals surface area contributed by atoms with Gasteiger partial charge in [0.15, 0.2) is 0 Å². The van der Waals surface area contributed by atoms with E-state index in [2.05, 4.69) is 29.2 Å². The molecule has 2 nitrogen and oxygen atoms in total. The normalized spacial score (nSPS) is 19.6. The Morgan fingerprint density at radius 1 is 0.944 bits per heavy atom. The van der Waals surface area contributed by atoms with E-state index in [9.17, 15) is 0 Å². The Kier molecular flexibility index (Phi) is 3.04. The van der Waals surface area contributed by atoms with Crippen molar-refractivity contribution in [1.82, 2.24) is 4.98 Å². The lowest BCUT2D eigenvalue weighted by atomic mass is 9.82. The Balaban J connectivity index is 2.12. The van der Waals surface area contributed by atoms with E-state index in [-0.39, 0.29) is 5.54 Å². The second-order valence-electron chi connectivity index (χ2n) is 5.48. The number of nitrogens with two attached hydrogens (primary N) is 1. The monoisotopic (exact) mass is 240 g/mol. The molecule has 0 saturated heterocycles. The third-order valence-corrected chi connectivity index (χ3v) is 4.20. The van der Waals surface area contributed by atoms with Crippen LogP contribution in [0.2, 0.25) is 0 Å². The minimum atomic E-state index is -0.176. The number of hydrogen-bond acceptors (Lipinski definition) is 2. The maximum Gasteiger partial charge on any atom is 0.0431 e. The molecule has 0 amide bonds. The van der Waals surface area contributed by atoms with Crippen molar-refractivity contribution in [2.75, 3.05) is 0 Å². The number of fused-ring (bicyclic) bond motifs is 1. The highest BCUT2D eigenvalue weighted by Gasteiger charge is 2.29. The first kappa shape index (κ1) is 11.7. The summed E-state index contributed by atoms with van der Waals surface area (Å²) in [5.41, 5.74) is 7.77. The standard InChI is InChI=1S/C16H20N2/c17-16(9-5-1-2-6-10-16)15-12-18-11-13-7-3-4-8-14(13)15/h3-4,7-8,11-12H,1-2,5-6,9-10,17H2. The van der Waals surface area contributed by atoms with E-state index in [0.717, 1.165) is 12.8 Å². The molecule has 0 unspecified atom stereocenters. The molecule has 2 heteroatoms. The highest BCUT2D eigenvalue weighted by molar-refractivity contribution is 5.85. The summed E-state index contributed by atoms with van der Waals surface area (Å²) in [6.45, 7) is 0. The fraction of sp³-hybridized carbons (Fsp3) is 0.438. The van der Waals surface area contributed by atoms with Gasteiger partial charge < -0.3 is 5.73 Å². The van der Waals surface area contributed by atoms with Gasteiger partial charge in [-0.25, -0.2) is 0 Å². The van der Waals surface area contributed by atoms with E-state index in [1.807, 2.05) is 12.4 Å². The lowest BCUT2D eigenvalue weighted by Crippen LogP contribution is -2.36. The number of nitrogens with zero attached hydrogens (tertiary/aromatic N) is 1. The molecule has 2 N–H and O–H groups in total. The molecule has 1 heterocycles. The molecule has 2 aromatic rings. The number of benzene rings is 1. The summed E-state index contributed by atoms with van der Waals surface area (Å²) in [6.07, 6.45) is 11.2. The topological polar surface area (TPSA) is 38.9 Å². The zero-order valence-electron chi connectivity index (χ0n) is 10.7. The molecule has 0 bridgehead atoms. The SMILES string of the molecule is NC1(c2cncc3ccccc23)CCCCCC1. The van der Waals surface area contributed by atoms with E-state index >= 15 is 0 Å². The van der Waals surface area contributed by atoms with Crippen molar-refractivity contribution in [2.24, 2.45) is 5.73 Å². The van der Waals surface area contributed by atoms with Gasteiger partial charge in [-0.2, -0.15) is 0 Å². The molecule has 0 spiro atoms. The minimum Gasteiger partial charge on any atom is -0.321 e. The summed E-state index contributed by atoms with van der Waals surface area (Å²) < 4.78 is 0. The second-order valence-corrected chi connectivity index (χ2v) is 5.48. The van der Waals surface area contributed by atoms with Crippen molar-refractivity contribution in [1.29, 1.82) is 0 Å². The first-order valence-electron chi connectivity index (χ1n) is 6.92. The largest absolute Gasteiger partial charge is 0.321 e. The van der Waals surface area contributed by atoms with Crippen molar-refractivity contribution in [3.8, 4) is 0 Å². The maximum absolute atomic E-state index is 6.71. The van der Waals surface area contributed by atoms with E-state index in [1.165, 1.54) is 42.0 Å². The second kappa shape index (κ2) is 4.69. The van der Waals surface area contributed by atoms with E-state index < -0.39 is 0 Å². The summed E-state index contributed by atoms with van der Waals surface area (Å²) >= 11 is 0. The summed E-state index contributed by atoms with van der Waals surface area (Å²) in [6, 6.07) is 8.44. The molecular weight excluding hydrogens is 220 g/mol. The lowest BCUT2D eigenvalue weighted by molar-refractivity contribution is 0.387. The molecule has 3 rings (SSSR count). The van der Waals surface area contributed by atoms with Crippen LogP contribution < -0.4 is 5.73 Å². The highest BCUT2D eigenvalue weighted by Crippen LogP contribution is 2.36. The van der Waals surface area contributed by atoms with Gasteiger partial charge in [0.1, 0.15) is 0 Å². The highest BCUT2D eigenvalue weighted by atomic mass is 14.8. The smallest absolute Gasteiger partial charge is 0.0431 e. The van der Waals surface area contributed by atoms with Gasteiger partial charge in [-0.15, -0.1) is 0 Å². The van der Waals surface area contributed by atoms with Gasteiger partial charge in [0, 0.05) is 23.3 Å². The predicted octanol–water partition coefficient (Wildman–Crippen LogP) is 3.74. The molecule has 1 saturated carbocycles. The van der Waals surface area contributed by atoms with Gasteiger partial charge in [-0.3, -0.25) is 4.98 Å². The Morgan fingerprint density at radius 3 is 2.44 bits per heavy atom. The van der Waals surface area contributed by atoms with Gasteiger partial charge in [-0.05, 0) is 23.8 Å². The van der Waals surface area contributed by atoms with Crippen LogP contribution in [0, 0.1) is 0 Å². The molecule has 1 aromatic heterocycles. The van der Waals surface area contributed by atoms with Gasteiger partial charge in [0.25, 0.3) is 0 Å². The van der Waals surface area contributed by atoms with Crippen LogP contribution in [-0.2, 0) is 5.54 Å². The van der Waals surface area contributed by atoms with Crippen LogP contribution in [0.4, 0.5) is 0 Å². The quantitative estimate of drug-likeness (QED) is 0.771. The predicted molar refractivity (Wildman–Crippen MR) is 75.3 cm³/mol. The fourth-order valence-electron chi connectivity index (χ4n) is 3.14. The average molecular weight is 240 g/mol. The molecule has 0 aliphatic heterocycles. The van der Waals surface area contributed by atoms with Crippen molar-refractivity contribution < 1.29 is 0 Å². The summed E-state index contributed by atoms with van der Waals surface area (Å²) in [5, 5.41) is 2.47. The van der Waals surface area contributed by atoms with Crippen molar-refractivity contribution >= 4 is 10.8 Å². The number of pyridine rings is 1. The van der Waals surface area contributed by atoms with Gasteiger partial charge >= 0.3 is 0 Å². The number of rotatable bonds is 1. The lowest BCUT2D eigenvalue weighted by Gasteiger charge is -2.29. The number of hydrogen-bond donors (Lipinski definition) is 1. The summed E-state index contributed by atoms with van der Waals surface area (Å²) in [7, 11) is 0. The molecular formula is C16H20N2. The minimum absolute atomic E-state index is 0.176. The van der Waals surface area contributed by atoms with Crippen LogP contribution in [0.3, 0.4) is 0 Å². The first-order valence-corrected chi connectivity index (χ1v) is 6.92. The maximum atomic E-state index is 6.71. The van der Waals surface area contributed by atoms with E-state index in [0.29, 0.717) is 0 Å². The van der Waals surface area contributed by atoms with E-state index in [4.69, 9.17) is 5.73 Å². The average Bonchev–Trinajstić information content (AvgIpc) is 2.64. The van der Waals surface area contributed by atoms with Crippen LogP contribution in [0.1, 0.15) is 44.1 Å². The van der Waals surface area contributed by atoms with Crippen molar-refractivity contribution in [3.05, 3.63) is 42.2 Å². The third-order valence-electron chi connectivity index (χ3n) is 4.20. The zero-order chi connectivity index (χ0) is 12.4. The van der Waals surface area contributed by atoms with Crippen LogP contribution in [0.25, 0.3) is 10.8 Å². The fourth-order valence-corrected chi connectivity index (χ4v) is 3.14. The Labute approximate surface area is 108 Å². The summed E-state index contributed by atoms with van der Waals surface area (Å²) in [4.78, 5) is 4.38. The molecule has 18 heavy (non-hydrogen) atoms. The van der Waals surface area contributed by atoms with E-state index in [1.54, 1.807) is 0 Å². The van der Waals surface area contributed by atoms with Crippen molar-refractivity contribution in [3.63, 3.8) is 0 Å². The van der Waals surface area contributed by atoms with Gasteiger partial charge in [-0.1, -0.05) is 49.9 Å². The Morgan fingerprint density at radius 2 is 1.67 bits per heavy atom. The molecule has 0 atom stereocenters. The molecule has 1 aliphatic rings. The third kappa shape index (κ3) is 2.01. The van der Waals surface area contributed by atoms with Crippen LogP contribution in [0.5, 0.6) is 0 Å². The van der Waals surface area contributed by atoms with Crippen LogP contribution in [-0.4, -0.2) is 4.98 Å². The van der Waals surface area contributed by atoms with Crippen LogP contribution >= 0.6 is 0 Å². The van der Waals surface area contributed by atoms with Crippen molar-refractivity contribution in [2.45, 2.75) is 44.1 Å². The number of aromatic nitrogens is 1. The summed E-state index contributed by atoms with van der Waals surface area (Å²) in [5.74, 6) is 0. The van der Waals surface area contributed by atoms with Gasteiger partial charge in [0.05, 0.1) is 0 Å². The molecule has 1 aliphatic carbocycles. The molecule has 94 valence electrons. The molecule has 1 fully saturated rings. The molecule has 1 aromatic carbocycles. The van der Waals surface area contributed by atoms with Gasteiger partial charge in [0.2, 0.25) is 0 Å².